The number of hydrogen-bond acceptors (Lipinski definition) is 1. The van der Waals surface area contributed by atoms with Gasteiger partial charge in [0.05, 0.1) is 5.02 Å². The fraction of sp³-hybridized carbons (Fsp3) is 0.250. The molecule has 0 aliphatic rings. The third-order valence-electron chi connectivity index (χ3n) is 1.53. The summed E-state index contributed by atoms with van der Waals surface area (Å²) in [6, 6.07) is 2.96. The number of halogens is 3. The first-order valence-electron chi connectivity index (χ1n) is 3.49. The Morgan fingerprint density at radius 2 is 2.17 bits per heavy atom. The van der Waals surface area contributed by atoms with Crippen LogP contribution in [0.25, 0.3) is 0 Å². The second-order valence-corrected chi connectivity index (χ2v) is 3.59. The topological polar surface area (TPSA) is 26.0 Å². The molecule has 12 heavy (non-hydrogen) atoms. The molecule has 66 valence electrons. The first-order valence-corrected chi connectivity index (χ1v) is 4.66. The monoisotopic (exact) mass is 251 g/mol. The van der Waals surface area contributed by atoms with E-state index in [9.17, 15) is 4.39 Å². The van der Waals surface area contributed by atoms with Crippen molar-refractivity contribution in [1.29, 1.82) is 0 Å². The van der Waals surface area contributed by atoms with E-state index in [0.717, 1.165) is 0 Å². The molecule has 0 spiro atoms. The van der Waals surface area contributed by atoms with Gasteiger partial charge in [0.1, 0.15) is 5.82 Å². The van der Waals surface area contributed by atoms with Gasteiger partial charge in [0, 0.05) is 10.0 Å². The number of rotatable bonds is 2. The second kappa shape index (κ2) is 4.21. The summed E-state index contributed by atoms with van der Waals surface area (Å²) >= 11 is 9.05. The van der Waals surface area contributed by atoms with Crippen molar-refractivity contribution in [2.75, 3.05) is 6.54 Å². The molecule has 0 bridgehead atoms. The first kappa shape index (κ1) is 9.96. The zero-order valence-electron chi connectivity index (χ0n) is 6.28. The maximum absolute atomic E-state index is 13.1. The van der Waals surface area contributed by atoms with Crippen LogP contribution < -0.4 is 5.73 Å². The molecule has 0 aliphatic heterocycles. The van der Waals surface area contributed by atoms with Gasteiger partial charge in [-0.1, -0.05) is 11.6 Å². The van der Waals surface area contributed by atoms with E-state index in [1.54, 1.807) is 6.07 Å². The second-order valence-electron chi connectivity index (χ2n) is 2.36. The van der Waals surface area contributed by atoms with Crippen LogP contribution in [-0.2, 0) is 6.42 Å². The van der Waals surface area contributed by atoms with Crippen molar-refractivity contribution in [2.24, 2.45) is 5.73 Å². The maximum Gasteiger partial charge on any atom is 0.128 e. The minimum Gasteiger partial charge on any atom is -0.330 e. The quantitative estimate of drug-likeness (QED) is 0.805. The van der Waals surface area contributed by atoms with Crippen LogP contribution >= 0.6 is 27.5 Å². The Bertz CT molecular complexity index is 291. The summed E-state index contributed by atoms with van der Waals surface area (Å²) in [4.78, 5) is 0. The van der Waals surface area contributed by atoms with Crippen molar-refractivity contribution in [1.82, 2.24) is 0 Å². The summed E-state index contributed by atoms with van der Waals surface area (Å²) in [6.07, 6.45) is 0.462. The van der Waals surface area contributed by atoms with Crippen molar-refractivity contribution in [3.63, 3.8) is 0 Å². The Labute approximate surface area is 83.8 Å². The van der Waals surface area contributed by atoms with Gasteiger partial charge in [-0.25, -0.2) is 4.39 Å². The zero-order chi connectivity index (χ0) is 9.14. The van der Waals surface area contributed by atoms with Crippen molar-refractivity contribution in [3.05, 3.63) is 33.0 Å². The third-order valence-corrected chi connectivity index (χ3v) is 2.85. The molecule has 0 saturated carbocycles. The lowest BCUT2D eigenvalue weighted by atomic mass is 10.1. The lowest BCUT2D eigenvalue weighted by Gasteiger charge is -2.05. The summed E-state index contributed by atoms with van der Waals surface area (Å²) in [5, 5.41) is 0.417. The molecule has 0 unspecified atom stereocenters. The first-order chi connectivity index (χ1) is 5.66. The molecule has 1 aromatic carbocycles. The highest BCUT2D eigenvalue weighted by atomic mass is 79.9. The summed E-state index contributed by atoms with van der Waals surface area (Å²) in [5.74, 6) is -0.298. The normalized spacial score (nSPS) is 10.3. The lowest BCUT2D eigenvalue weighted by Crippen LogP contribution is -2.05. The van der Waals surface area contributed by atoms with Gasteiger partial charge in [-0.3, -0.25) is 0 Å². The van der Waals surface area contributed by atoms with E-state index < -0.39 is 0 Å². The Hall–Kier alpha value is -0.120. The van der Waals surface area contributed by atoms with Crippen LogP contribution in [0.2, 0.25) is 5.02 Å². The minimum absolute atomic E-state index is 0.298. The molecule has 4 heteroatoms. The molecule has 1 nitrogen and oxygen atoms in total. The molecule has 0 heterocycles. The molecule has 0 aromatic heterocycles. The Morgan fingerprint density at radius 1 is 1.50 bits per heavy atom. The van der Waals surface area contributed by atoms with Gasteiger partial charge in [0.15, 0.2) is 0 Å². The van der Waals surface area contributed by atoms with Crippen molar-refractivity contribution >= 4 is 27.5 Å². The van der Waals surface area contributed by atoms with Crippen LogP contribution in [0.5, 0.6) is 0 Å². The molecule has 0 radical (unpaired) electrons. The standard InChI is InChI=1S/C8H8BrClFN/c9-6-1-2-7(11)5(3-4-12)8(6)10/h1-2H,3-4,12H2. The Balaban J connectivity index is 3.14. The molecule has 1 aromatic rings. The van der Waals surface area contributed by atoms with E-state index in [1.807, 2.05) is 0 Å². The van der Waals surface area contributed by atoms with E-state index in [2.05, 4.69) is 15.9 Å². The van der Waals surface area contributed by atoms with Crippen molar-refractivity contribution in [2.45, 2.75) is 6.42 Å². The average molecular weight is 253 g/mol. The Morgan fingerprint density at radius 3 is 2.75 bits per heavy atom. The summed E-state index contributed by atoms with van der Waals surface area (Å²) in [5.41, 5.74) is 5.79. The van der Waals surface area contributed by atoms with Crippen LogP contribution in [0.1, 0.15) is 5.56 Å². The fourth-order valence-corrected chi connectivity index (χ4v) is 1.56. The molecule has 0 aliphatic carbocycles. The molecular weight excluding hydrogens is 244 g/mol. The van der Waals surface area contributed by atoms with Crippen LogP contribution in [0.3, 0.4) is 0 Å². The SMILES string of the molecule is NCCc1c(F)ccc(Br)c1Cl. The molecule has 1 rings (SSSR count). The van der Waals surface area contributed by atoms with E-state index >= 15 is 0 Å². The minimum atomic E-state index is -0.298. The van der Waals surface area contributed by atoms with Crippen molar-refractivity contribution in [3.8, 4) is 0 Å². The predicted octanol–water partition coefficient (Wildman–Crippen LogP) is 2.74. The summed E-state index contributed by atoms with van der Waals surface area (Å²) < 4.78 is 13.8. The molecular formula is C8H8BrClFN. The smallest absolute Gasteiger partial charge is 0.128 e. The fourth-order valence-electron chi connectivity index (χ4n) is 0.943. The van der Waals surface area contributed by atoms with Gasteiger partial charge in [0.25, 0.3) is 0 Å². The molecule has 0 atom stereocenters. The highest BCUT2D eigenvalue weighted by Gasteiger charge is 2.08. The van der Waals surface area contributed by atoms with Gasteiger partial charge >= 0.3 is 0 Å². The van der Waals surface area contributed by atoms with E-state index in [1.165, 1.54) is 6.07 Å². The predicted molar refractivity (Wildman–Crippen MR) is 51.9 cm³/mol. The molecule has 0 saturated heterocycles. The van der Waals surface area contributed by atoms with Crippen LogP contribution in [0.4, 0.5) is 4.39 Å². The molecule has 0 fully saturated rings. The van der Waals surface area contributed by atoms with Gasteiger partial charge < -0.3 is 5.73 Å². The largest absolute Gasteiger partial charge is 0.330 e. The average Bonchev–Trinajstić information content (AvgIpc) is 2.06. The van der Waals surface area contributed by atoms with Gasteiger partial charge in [-0.2, -0.15) is 0 Å². The third kappa shape index (κ3) is 1.97. The number of nitrogens with two attached hydrogens (primary N) is 1. The zero-order valence-corrected chi connectivity index (χ0v) is 8.62. The van der Waals surface area contributed by atoms with Gasteiger partial charge in [0.2, 0.25) is 0 Å². The van der Waals surface area contributed by atoms with E-state index in [0.29, 0.717) is 28.0 Å². The number of benzene rings is 1. The molecule has 2 N–H and O–H groups in total. The molecule has 0 amide bonds. The van der Waals surface area contributed by atoms with Crippen molar-refractivity contribution < 1.29 is 4.39 Å². The summed E-state index contributed by atoms with van der Waals surface area (Å²) in [6.45, 7) is 0.396. The van der Waals surface area contributed by atoms with Gasteiger partial charge in [-0.05, 0) is 41.0 Å². The van der Waals surface area contributed by atoms with Gasteiger partial charge in [-0.15, -0.1) is 0 Å². The summed E-state index contributed by atoms with van der Waals surface area (Å²) in [7, 11) is 0. The highest BCUT2D eigenvalue weighted by Crippen LogP contribution is 2.28. The van der Waals surface area contributed by atoms with Crippen LogP contribution in [0, 0.1) is 5.82 Å². The lowest BCUT2D eigenvalue weighted by molar-refractivity contribution is 0.609. The van der Waals surface area contributed by atoms with E-state index in [-0.39, 0.29) is 5.82 Å². The van der Waals surface area contributed by atoms with Crippen LogP contribution in [-0.4, -0.2) is 6.54 Å². The number of hydrogen-bond donors (Lipinski definition) is 1. The Kier molecular flexibility index (Phi) is 3.50. The van der Waals surface area contributed by atoms with Crippen LogP contribution in [0.15, 0.2) is 16.6 Å². The maximum atomic E-state index is 13.1. The van der Waals surface area contributed by atoms with E-state index in [4.69, 9.17) is 17.3 Å². The highest BCUT2D eigenvalue weighted by molar-refractivity contribution is 9.10.